The number of hydroxylamine groups is 2. The minimum absolute atomic E-state index is 0.0277. The van der Waals surface area contributed by atoms with Crippen molar-refractivity contribution in [2.75, 3.05) is 18.4 Å². The van der Waals surface area contributed by atoms with E-state index in [4.69, 9.17) is 4.84 Å². The highest BCUT2D eigenvalue weighted by atomic mass is 16.7. The maximum atomic E-state index is 13.1. The van der Waals surface area contributed by atoms with Crippen molar-refractivity contribution in [3.8, 4) is 0 Å². The highest BCUT2D eigenvalue weighted by Crippen LogP contribution is 2.31. The first-order valence-corrected chi connectivity index (χ1v) is 11.3. The van der Waals surface area contributed by atoms with Crippen molar-refractivity contribution in [1.29, 1.82) is 0 Å². The Morgan fingerprint density at radius 3 is 2.82 bits per heavy atom. The van der Waals surface area contributed by atoms with Gasteiger partial charge in [-0.2, -0.15) is 5.06 Å². The van der Waals surface area contributed by atoms with Gasteiger partial charge in [0, 0.05) is 18.8 Å². The number of fused-ring (bicyclic) bond motifs is 3. The lowest BCUT2D eigenvalue weighted by Gasteiger charge is -2.30. The molecule has 3 aliphatic heterocycles. The maximum absolute atomic E-state index is 13.1. The molecular weight excluding hydrogens is 419 g/mol. The number of nitrogens with one attached hydrogen (secondary N) is 1. The van der Waals surface area contributed by atoms with E-state index in [0.29, 0.717) is 26.1 Å². The van der Waals surface area contributed by atoms with E-state index in [0.717, 1.165) is 42.4 Å². The molecule has 2 aromatic rings. The fourth-order valence-electron chi connectivity index (χ4n) is 4.88. The van der Waals surface area contributed by atoms with Crippen LogP contribution in [0.4, 0.5) is 10.5 Å². The van der Waals surface area contributed by atoms with Crippen molar-refractivity contribution in [3.63, 3.8) is 0 Å². The summed E-state index contributed by atoms with van der Waals surface area (Å²) in [5.41, 5.74) is 4.05. The number of carbonyl (C=O) groups excluding carboxylic acids is 3. The van der Waals surface area contributed by atoms with Crippen molar-refractivity contribution >= 4 is 31.2 Å². The molecule has 2 fully saturated rings. The molecule has 2 aromatic carbocycles. The number of hydrogen-bond acceptors (Lipinski definition) is 5. The molecule has 1 N–H and O–H groups in total. The van der Waals surface area contributed by atoms with Crippen molar-refractivity contribution in [2.45, 2.75) is 44.5 Å². The fourth-order valence-corrected chi connectivity index (χ4v) is 4.88. The number of urea groups is 1. The summed E-state index contributed by atoms with van der Waals surface area (Å²) in [6, 6.07) is 14.8. The summed E-state index contributed by atoms with van der Waals surface area (Å²) in [4.78, 5) is 46.2. The standard InChI is InChI=1S/C24H26BN4O4/c30-16-25-27-11-10-18-12-20(7-6-19(18)13-27)26-23(31)22-9-8-21-14-28(22)24(32)29(21)33-15-17-4-2-1-3-5-17/h1-7,12,16,21-22H,8-11,13-15H2,(H,26,31)/t21-,22+/m1/s1. The minimum Gasteiger partial charge on any atom is -0.336 e. The Hall–Kier alpha value is -3.17. The first-order valence-electron chi connectivity index (χ1n) is 11.3. The first-order chi connectivity index (χ1) is 16.1. The molecule has 0 spiro atoms. The Labute approximate surface area is 193 Å². The van der Waals surface area contributed by atoms with Gasteiger partial charge in [-0.1, -0.05) is 36.4 Å². The van der Waals surface area contributed by atoms with Crippen molar-refractivity contribution in [1.82, 2.24) is 14.8 Å². The van der Waals surface area contributed by atoms with E-state index in [9.17, 15) is 14.4 Å². The Morgan fingerprint density at radius 2 is 2.00 bits per heavy atom. The number of rotatable bonds is 7. The number of amides is 3. The van der Waals surface area contributed by atoms with E-state index in [1.165, 1.54) is 10.6 Å². The summed E-state index contributed by atoms with van der Waals surface area (Å²) >= 11 is 0. The number of carbonyl (C=O) groups is 3. The third-order valence-corrected chi connectivity index (χ3v) is 6.63. The van der Waals surface area contributed by atoms with Crippen LogP contribution < -0.4 is 5.32 Å². The molecule has 0 saturated carbocycles. The maximum Gasteiger partial charge on any atom is 0.345 e. The van der Waals surface area contributed by atoms with Crippen LogP contribution in [0.25, 0.3) is 0 Å². The number of nitrogens with zero attached hydrogens (tertiary/aromatic N) is 3. The lowest BCUT2D eigenvalue weighted by atomic mass is 9.88. The van der Waals surface area contributed by atoms with Crippen LogP contribution in [0.3, 0.4) is 0 Å². The molecule has 3 heterocycles. The van der Waals surface area contributed by atoms with Crippen LogP contribution in [0.1, 0.15) is 29.5 Å². The lowest BCUT2D eigenvalue weighted by Crippen LogP contribution is -2.47. The number of hydrogen-bond donors (Lipinski definition) is 1. The van der Waals surface area contributed by atoms with Crippen molar-refractivity contribution in [2.24, 2.45) is 0 Å². The van der Waals surface area contributed by atoms with Gasteiger partial charge in [0.2, 0.25) is 5.91 Å². The van der Waals surface area contributed by atoms with Gasteiger partial charge < -0.3 is 19.8 Å². The van der Waals surface area contributed by atoms with Crippen LogP contribution in [0.2, 0.25) is 0 Å². The SMILES string of the molecule is O=C[B]N1CCc2cc(NC(=O)[C@@H]3CC[C@@H]4CN3C(=O)N4OCc3ccccc3)ccc2C1. The molecule has 0 unspecified atom stereocenters. The molecule has 9 heteroatoms. The molecule has 2 bridgehead atoms. The van der Waals surface area contributed by atoms with Crippen LogP contribution in [0.5, 0.6) is 0 Å². The molecule has 5 rings (SSSR count). The third kappa shape index (κ3) is 4.51. The van der Waals surface area contributed by atoms with Gasteiger partial charge in [-0.3, -0.25) is 9.63 Å². The van der Waals surface area contributed by atoms with Gasteiger partial charge in [0.25, 0.3) is 7.41 Å². The zero-order chi connectivity index (χ0) is 22.8. The highest BCUT2D eigenvalue weighted by Gasteiger charge is 2.47. The molecular formula is C24H26BN4O4. The second-order valence-electron chi connectivity index (χ2n) is 8.75. The van der Waals surface area contributed by atoms with Crippen molar-refractivity contribution in [3.05, 3.63) is 65.2 Å². The smallest absolute Gasteiger partial charge is 0.336 e. The van der Waals surface area contributed by atoms with E-state index >= 15 is 0 Å². The van der Waals surface area contributed by atoms with Gasteiger partial charge in [-0.25, -0.2) is 4.79 Å². The fraction of sp³-hybridized carbons (Fsp3) is 0.375. The van der Waals surface area contributed by atoms with Gasteiger partial charge >= 0.3 is 6.03 Å². The average molecular weight is 445 g/mol. The average Bonchev–Trinajstić information content (AvgIpc) is 3.07. The van der Waals surface area contributed by atoms with Gasteiger partial charge in [0.15, 0.2) is 0 Å². The van der Waals surface area contributed by atoms with Crippen LogP contribution >= 0.6 is 0 Å². The lowest BCUT2D eigenvalue weighted by molar-refractivity contribution is -0.140. The quantitative estimate of drug-likeness (QED) is 0.522. The summed E-state index contributed by atoms with van der Waals surface area (Å²) in [7, 11) is 1.56. The van der Waals surface area contributed by atoms with Crippen LogP contribution in [-0.4, -0.2) is 65.5 Å². The van der Waals surface area contributed by atoms with Crippen LogP contribution in [-0.2, 0) is 34.0 Å². The molecule has 3 aliphatic rings. The van der Waals surface area contributed by atoms with Gasteiger partial charge in [-0.15, -0.1) is 0 Å². The Morgan fingerprint density at radius 1 is 1.15 bits per heavy atom. The molecule has 3 amide bonds. The second kappa shape index (κ2) is 9.37. The first kappa shape index (κ1) is 21.7. The largest absolute Gasteiger partial charge is 0.345 e. The van der Waals surface area contributed by atoms with Crippen molar-refractivity contribution < 1.29 is 19.2 Å². The monoisotopic (exact) mass is 445 g/mol. The van der Waals surface area contributed by atoms with E-state index in [2.05, 4.69) is 5.32 Å². The molecule has 8 nitrogen and oxygen atoms in total. The zero-order valence-corrected chi connectivity index (χ0v) is 18.4. The number of anilines is 1. The number of benzene rings is 2. The summed E-state index contributed by atoms with van der Waals surface area (Å²) in [6.45, 7) is 2.28. The second-order valence-corrected chi connectivity index (χ2v) is 8.75. The van der Waals surface area contributed by atoms with Crippen LogP contribution in [0.15, 0.2) is 48.5 Å². The summed E-state index contributed by atoms with van der Waals surface area (Å²) < 4.78 is 0. The molecule has 2 saturated heterocycles. The van der Waals surface area contributed by atoms with E-state index in [1.807, 2.05) is 53.3 Å². The van der Waals surface area contributed by atoms with Crippen LogP contribution in [0, 0.1) is 0 Å². The topological polar surface area (TPSA) is 82.2 Å². The zero-order valence-electron chi connectivity index (χ0n) is 18.4. The summed E-state index contributed by atoms with van der Waals surface area (Å²) in [6.07, 6.45) is 2.95. The third-order valence-electron chi connectivity index (χ3n) is 6.63. The molecule has 1 radical (unpaired) electrons. The normalized spacial score (nSPS) is 22.1. The van der Waals surface area contributed by atoms with E-state index in [-0.39, 0.29) is 18.0 Å². The van der Waals surface area contributed by atoms with Gasteiger partial charge in [0.1, 0.15) is 12.6 Å². The van der Waals surface area contributed by atoms with Gasteiger partial charge in [-0.05, 0) is 54.6 Å². The highest BCUT2D eigenvalue weighted by molar-refractivity contribution is 6.64. The predicted octanol–water partition coefficient (Wildman–Crippen LogP) is 2.19. The predicted molar refractivity (Wildman–Crippen MR) is 124 cm³/mol. The van der Waals surface area contributed by atoms with E-state index in [1.54, 1.807) is 12.3 Å². The molecule has 2 atom stereocenters. The summed E-state index contributed by atoms with van der Waals surface area (Å²) in [5, 5.41) is 4.45. The van der Waals surface area contributed by atoms with Gasteiger partial charge in [0.05, 0.1) is 12.2 Å². The molecule has 0 aromatic heterocycles. The molecule has 169 valence electrons. The molecule has 0 aliphatic carbocycles. The Bertz CT molecular complexity index is 1050. The van der Waals surface area contributed by atoms with E-state index < -0.39 is 6.04 Å². The Balaban J connectivity index is 1.21. The number of piperidine rings is 1. The minimum atomic E-state index is -0.507. The Kier molecular flexibility index (Phi) is 6.15. The summed E-state index contributed by atoms with van der Waals surface area (Å²) in [5.74, 6) is -0.168. The molecule has 33 heavy (non-hydrogen) atoms.